The van der Waals surface area contributed by atoms with Crippen LogP contribution >= 0.6 is 0 Å². The van der Waals surface area contributed by atoms with Crippen molar-refractivity contribution in [1.82, 2.24) is 18.7 Å². The molecule has 2 aromatic heterocycles. The third-order valence-corrected chi connectivity index (χ3v) is 6.09. The average Bonchev–Trinajstić information content (AvgIpc) is 3.25. The lowest BCUT2D eigenvalue weighted by Crippen LogP contribution is -2.39. The Morgan fingerprint density at radius 2 is 1.77 bits per heavy atom. The number of aromatic nitrogens is 4. The molecule has 0 aliphatic rings. The zero-order valence-corrected chi connectivity index (χ0v) is 20.9. The molecular weight excluding hydrogens is 436 g/mol. The molecule has 0 bridgehead atoms. The highest BCUT2D eigenvalue weighted by atomic mass is 16.2. The van der Waals surface area contributed by atoms with Crippen LogP contribution in [0.3, 0.4) is 0 Å². The molecule has 0 saturated carbocycles. The molecule has 0 fully saturated rings. The van der Waals surface area contributed by atoms with E-state index in [-0.39, 0.29) is 11.2 Å². The van der Waals surface area contributed by atoms with Crippen LogP contribution in [0, 0.1) is 0 Å². The molecule has 0 aliphatic heterocycles. The van der Waals surface area contributed by atoms with Crippen molar-refractivity contribution in [3.63, 3.8) is 0 Å². The van der Waals surface area contributed by atoms with Crippen LogP contribution in [-0.4, -0.2) is 18.7 Å². The van der Waals surface area contributed by atoms with Crippen molar-refractivity contribution in [1.29, 1.82) is 0 Å². The van der Waals surface area contributed by atoms with Crippen molar-refractivity contribution in [2.24, 2.45) is 7.05 Å². The highest BCUT2D eigenvalue weighted by Crippen LogP contribution is 2.27. The molecule has 0 unspecified atom stereocenters. The lowest BCUT2D eigenvalue weighted by Gasteiger charge is -2.12. The first-order chi connectivity index (χ1) is 17.0. The molecule has 0 atom stereocenters. The number of hydrogen-bond acceptors (Lipinski definition) is 3. The summed E-state index contributed by atoms with van der Waals surface area (Å²) >= 11 is 0. The number of nitrogens with zero attached hydrogens (tertiary/aromatic N) is 4. The number of aryl methyl sites for hydroxylation is 1. The highest BCUT2D eigenvalue weighted by molar-refractivity contribution is 5.80. The molecule has 0 aliphatic carbocycles. The van der Waals surface area contributed by atoms with Crippen LogP contribution in [-0.2, 0) is 20.1 Å². The van der Waals surface area contributed by atoms with E-state index in [4.69, 9.17) is 4.98 Å². The van der Waals surface area contributed by atoms with E-state index < -0.39 is 0 Å². The molecule has 6 heteroatoms. The molecule has 0 saturated heterocycles. The molecule has 0 spiro atoms. The third-order valence-electron chi connectivity index (χ3n) is 6.09. The van der Waals surface area contributed by atoms with Gasteiger partial charge in [0.15, 0.2) is 11.2 Å². The van der Waals surface area contributed by atoms with Gasteiger partial charge in [0.05, 0.1) is 0 Å². The van der Waals surface area contributed by atoms with Crippen molar-refractivity contribution in [3.05, 3.63) is 105 Å². The second kappa shape index (κ2) is 10.6. The van der Waals surface area contributed by atoms with Crippen molar-refractivity contribution in [3.8, 4) is 11.4 Å². The topological polar surface area (TPSA) is 61.8 Å². The van der Waals surface area contributed by atoms with Gasteiger partial charge < -0.3 is 4.57 Å². The molecule has 180 valence electrons. The SMILES string of the molecule is C/C=C\C(=C/CC)c1cccc(-c2nc3c(c(=O)n(CCC)c(=O)n3C)n2Cc2ccccc2)c1. The van der Waals surface area contributed by atoms with Crippen LogP contribution in [0.4, 0.5) is 0 Å². The fourth-order valence-corrected chi connectivity index (χ4v) is 4.45. The number of imidazole rings is 1. The largest absolute Gasteiger partial charge is 0.332 e. The Hall–Kier alpha value is -3.93. The molecule has 0 amide bonds. The van der Waals surface area contributed by atoms with Gasteiger partial charge in [-0.1, -0.05) is 80.6 Å². The Bertz CT molecular complexity index is 1520. The minimum Gasteiger partial charge on any atom is -0.314 e. The van der Waals surface area contributed by atoms with Crippen molar-refractivity contribution >= 4 is 16.7 Å². The second-order valence-electron chi connectivity index (χ2n) is 8.63. The monoisotopic (exact) mass is 468 g/mol. The zero-order chi connectivity index (χ0) is 24.9. The summed E-state index contributed by atoms with van der Waals surface area (Å²) in [5.74, 6) is 0.670. The van der Waals surface area contributed by atoms with Gasteiger partial charge in [-0.25, -0.2) is 9.78 Å². The molecular formula is C29H32N4O2. The predicted octanol–water partition coefficient (Wildman–Crippen LogP) is 5.39. The van der Waals surface area contributed by atoms with Gasteiger partial charge in [-0.3, -0.25) is 13.9 Å². The van der Waals surface area contributed by atoms with Gasteiger partial charge in [-0.05, 0) is 42.5 Å². The van der Waals surface area contributed by atoms with Gasteiger partial charge >= 0.3 is 5.69 Å². The number of rotatable bonds is 8. The van der Waals surface area contributed by atoms with Crippen LogP contribution in [0.5, 0.6) is 0 Å². The maximum absolute atomic E-state index is 13.6. The summed E-state index contributed by atoms with van der Waals surface area (Å²) in [7, 11) is 1.68. The zero-order valence-electron chi connectivity index (χ0n) is 20.9. The van der Waals surface area contributed by atoms with E-state index in [2.05, 4.69) is 31.2 Å². The Labute approximate surface area is 205 Å². The van der Waals surface area contributed by atoms with Crippen molar-refractivity contribution in [2.75, 3.05) is 0 Å². The van der Waals surface area contributed by atoms with E-state index >= 15 is 0 Å². The Morgan fingerprint density at radius 3 is 2.46 bits per heavy atom. The van der Waals surface area contributed by atoms with Gasteiger partial charge in [0.25, 0.3) is 5.56 Å². The van der Waals surface area contributed by atoms with Crippen LogP contribution in [0.15, 0.2) is 82.4 Å². The highest BCUT2D eigenvalue weighted by Gasteiger charge is 2.21. The van der Waals surface area contributed by atoms with Gasteiger partial charge in [-0.15, -0.1) is 0 Å². The van der Waals surface area contributed by atoms with E-state index in [1.54, 1.807) is 7.05 Å². The van der Waals surface area contributed by atoms with Crippen molar-refractivity contribution in [2.45, 2.75) is 46.7 Å². The number of allylic oxidation sites excluding steroid dienone is 4. The molecule has 4 rings (SSSR count). The first-order valence-electron chi connectivity index (χ1n) is 12.2. The predicted molar refractivity (Wildman–Crippen MR) is 144 cm³/mol. The first kappa shape index (κ1) is 24.2. The lowest BCUT2D eigenvalue weighted by atomic mass is 10.0. The molecule has 4 aromatic rings. The average molecular weight is 469 g/mol. The summed E-state index contributed by atoms with van der Waals surface area (Å²) in [6, 6.07) is 18.2. The molecule has 2 aromatic carbocycles. The third kappa shape index (κ3) is 4.69. The van der Waals surface area contributed by atoms with Crippen molar-refractivity contribution < 1.29 is 0 Å². The Kier molecular flexibility index (Phi) is 7.30. The Morgan fingerprint density at radius 1 is 1.00 bits per heavy atom. The lowest BCUT2D eigenvalue weighted by molar-refractivity contribution is 0.590. The molecule has 2 heterocycles. The van der Waals surface area contributed by atoms with E-state index in [1.165, 1.54) is 9.13 Å². The Balaban J connectivity index is 2.02. The quantitative estimate of drug-likeness (QED) is 0.326. The van der Waals surface area contributed by atoms with Crippen LogP contribution in [0.25, 0.3) is 28.1 Å². The second-order valence-corrected chi connectivity index (χ2v) is 8.63. The standard InChI is InChI=1S/C29H32N4O2/c1-5-12-22(13-6-2)23-16-11-17-24(19-23)26-30-27-25(33(26)20-21-14-9-8-10-15-21)28(34)32(18-7-3)29(35)31(27)4/h5,8-17,19H,6-7,18,20H2,1-4H3/b12-5-,22-13+. The normalized spacial score (nSPS) is 12.2. The van der Waals surface area contributed by atoms with Crippen LogP contribution in [0.2, 0.25) is 0 Å². The first-order valence-corrected chi connectivity index (χ1v) is 12.2. The number of hydrogen-bond donors (Lipinski definition) is 0. The molecule has 0 radical (unpaired) electrons. The maximum Gasteiger partial charge on any atom is 0.332 e. The van der Waals surface area contributed by atoms with Crippen LogP contribution < -0.4 is 11.2 Å². The van der Waals surface area contributed by atoms with E-state index in [9.17, 15) is 9.59 Å². The van der Waals surface area contributed by atoms with Gasteiger partial charge in [0.1, 0.15) is 5.82 Å². The number of benzene rings is 2. The minimum atomic E-state index is -0.338. The molecule has 6 nitrogen and oxygen atoms in total. The molecule has 0 N–H and O–H groups in total. The van der Waals surface area contributed by atoms with E-state index in [0.29, 0.717) is 36.5 Å². The fourth-order valence-electron chi connectivity index (χ4n) is 4.45. The smallest absolute Gasteiger partial charge is 0.314 e. The van der Waals surface area contributed by atoms with Gasteiger partial charge in [0.2, 0.25) is 0 Å². The minimum absolute atomic E-state index is 0.295. The summed E-state index contributed by atoms with van der Waals surface area (Å²) in [5, 5.41) is 0. The fraction of sp³-hybridized carbons (Fsp3) is 0.276. The summed E-state index contributed by atoms with van der Waals surface area (Å²) < 4.78 is 4.76. The summed E-state index contributed by atoms with van der Waals surface area (Å²) in [4.78, 5) is 31.4. The summed E-state index contributed by atoms with van der Waals surface area (Å²) in [6.07, 6.45) is 7.95. The number of fused-ring (bicyclic) bond motifs is 1. The van der Waals surface area contributed by atoms with Crippen LogP contribution in [0.1, 0.15) is 44.7 Å². The van der Waals surface area contributed by atoms with Gasteiger partial charge in [0, 0.05) is 25.7 Å². The maximum atomic E-state index is 13.6. The molecule has 35 heavy (non-hydrogen) atoms. The summed E-state index contributed by atoms with van der Waals surface area (Å²) in [6.45, 7) is 6.93. The summed E-state index contributed by atoms with van der Waals surface area (Å²) in [5.41, 5.74) is 4.39. The van der Waals surface area contributed by atoms with E-state index in [1.807, 2.05) is 67.0 Å². The van der Waals surface area contributed by atoms with Gasteiger partial charge in [-0.2, -0.15) is 0 Å². The van der Waals surface area contributed by atoms with E-state index in [0.717, 1.165) is 28.7 Å².